The summed E-state index contributed by atoms with van der Waals surface area (Å²) >= 11 is 0. The molecule has 0 amide bonds. The van der Waals surface area contributed by atoms with Gasteiger partial charge in [0.15, 0.2) is 0 Å². The second kappa shape index (κ2) is 9.50. The van der Waals surface area contributed by atoms with Crippen LogP contribution in [0.5, 0.6) is 5.75 Å². The lowest BCUT2D eigenvalue weighted by Crippen LogP contribution is -2.06. The van der Waals surface area contributed by atoms with E-state index in [2.05, 4.69) is 40.0 Å². The zero-order chi connectivity index (χ0) is 17.3. The number of hydrogen-bond donors (Lipinski definition) is 1. The Morgan fingerprint density at radius 3 is 2.92 bits per heavy atom. The van der Waals surface area contributed by atoms with Gasteiger partial charge < -0.3 is 14.6 Å². The molecule has 0 radical (unpaired) electrons. The van der Waals surface area contributed by atoms with Crippen molar-refractivity contribution in [3.05, 3.63) is 42.5 Å². The van der Waals surface area contributed by atoms with Gasteiger partial charge in [-0.1, -0.05) is 39.0 Å². The van der Waals surface area contributed by atoms with Crippen molar-refractivity contribution >= 4 is 5.69 Å². The molecule has 1 aromatic heterocycles. The fourth-order valence-corrected chi connectivity index (χ4v) is 3.53. The first-order chi connectivity index (χ1) is 12.4. The van der Waals surface area contributed by atoms with Crippen LogP contribution < -0.4 is 10.1 Å². The number of nitrogens with one attached hydrogen (secondary N) is 1. The number of rotatable bonds is 11. The molecular weight excluding hydrogens is 310 g/mol. The smallest absolute Gasteiger partial charge is 0.119 e. The topological polar surface area (TPSA) is 39.1 Å². The van der Waals surface area contributed by atoms with Crippen molar-refractivity contribution in [2.75, 3.05) is 18.5 Å². The minimum Gasteiger partial charge on any atom is -0.494 e. The molecule has 2 aromatic rings. The second-order valence-corrected chi connectivity index (χ2v) is 7.03. The average molecular weight is 341 g/mol. The first kappa shape index (κ1) is 17.8. The third kappa shape index (κ3) is 5.25. The van der Waals surface area contributed by atoms with Crippen molar-refractivity contribution in [3.8, 4) is 5.75 Å². The number of unbranched alkanes of at least 4 members (excludes halogenated alkanes) is 5. The maximum atomic E-state index is 5.99. The number of hydrogen-bond acceptors (Lipinski definition) is 3. The molecule has 0 fully saturated rings. The van der Waals surface area contributed by atoms with E-state index in [4.69, 9.17) is 4.74 Å². The predicted octanol–water partition coefficient (Wildman–Crippen LogP) is 5.22. The summed E-state index contributed by atoms with van der Waals surface area (Å²) in [5, 5.41) is 3.52. The quantitative estimate of drug-likeness (QED) is 0.569. The summed E-state index contributed by atoms with van der Waals surface area (Å²) < 4.78 is 8.14. The van der Waals surface area contributed by atoms with Crippen LogP contribution in [0.15, 0.2) is 36.9 Å². The summed E-state index contributed by atoms with van der Waals surface area (Å²) in [6.07, 6.45) is 14.7. The molecule has 0 saturated carbocycles. The highest BCUT2D eigenvalue weighted by Gasteiger charge is 2.22. The summed E-state index contributed by atoms with van der Waals surface area (Å²) in [5.74, 6) is 1.57. The molecule has 1 aromatic carbocycles. The van der Waals surface area contributed by atoms with Crippen molar-refractivity contribution in [2.45, 2.75) is 64.3 Å². The minimum absolute atomic E-state index is 0.551. The highest BCUT2D eigenvalue weighted by atomic mass is 16.5. The standard InChI is InChI=1S/C21H31N3O/c1-2-3-4-5-6-7-14-25-19-8-9-21-20(15-19)18(16-23-21)10-12-24-13-11-22-17-24/h8-9,11,13,15,17-18,23H,2-7,10,12,14,16H2,1H3. The van der Waals surface area contributed by atoms with E-state index < -0.39 is 0 Å². The molecule has 1 aliphatic heterocycles. The highest BCUT2D eigenvalue weighted by Crippen LogP contribution is 2.36. The van der Waals surface area contributed by atoms with E-state index in [1.807, 2.05) is 18.7 Å². The number of aryl methyl sites for hydroxylation is 1. The Labute approximate surface area is 151 Å². The zero-order valence-electron chi connectivity index (χ0n) is 15.4. The van der Waals surface area contributed by atoms with Gasteiger partial charge in [0.05, 0.1) is 12.9 Å². The van der Waals surface area contributed by atoms with Crippen LogP contribution in [0.2, 0.25) is 0 Å². The van der Waals surface area contributed by atoms with Crippen molar-refractivity contribution in [1.82, 2.24) is 9.55 Å². The van der Waals surface area contributed by atoms with Gasteiger partial charge in [0.1, 0.15) is 5.75 Å². The fraction of sp³-hybridized carbons (Fsp3) is 0.571. The van der Waals surface area contributed by atoms with Crippen molar-refractivity contribution in [2.24, 2.45) is 0 Å². The van der Waals surface area contributed by atoms with Gasteiger partial charge in [-0.05, 0) is 36.6 Å². The Balaban J connectivity index is 1.45. The maximum absolute atomic E-state index is 5.99. The largest absolute Gasteiger partial charge is 0.494 e. The van der Waals surface area contributed by atoms with E-state index in [1.54, 1.807) is 0 Å². The lowest BCUT2D eigenvalue weighted by atomic mass is 9.97. The summed E-state index contributed by atoms with van der Waals surface area (Å²) in [4.78, 5) is 4.12. The molecule has 1 aliphatic rings. The molecule has 2 heterocycles. The van der Waals surface area contributed by atoms with E-state index in [0.29, 0.717) is 5.92 Å². The molecule has 0 aliphatic carbocycles. The molecular formula is C21H31N3O. The monoisotopic (exact) mass is 341 g/mol. The second-order valence-electron chi connectivity index (χ2n) is 7.03. The molecule has 1 unspecified atom stereocenters. The van der Waals surface area contributed by atoms with E-state index in [9.17, 15) is 0 Å². The van der Waals surface area contributed by atoms with Gasteiger partial charge in [0.2, 0.25) is 0 Å². The molecule has 1 N–H and O–H groups in total. The molecule has 3 rings (SSSR count). The van der Waals surface area contributed by atoms with Crippen LogP contribution in [0.25, 0.3) is 0 Å². The number of ether oxygens (including phenoxy) is 1. The van der Waals surface area contributed by atoms with Crippen LogP contribution in [0, 0.1) is 0 Å². The Morgan fingerprint density at radius 2 is 2.08 bits per heavy atom. The third-order valence-corrected chi connectivity index (χ3v) is 5.06. The highest BCUT2D eigenvalue weighted by molar-refractivity contribution is 5.60. The van der Waals surface area contributed by atoms with Crippen LogP contribution in [-0.2, 0) is 6.54 Å². The summed E-state index contributed by atoms with van der Waals surface area (Å²) in [6.45, 7) is 5.12. The van der Waals surface area contributed by atoms with E-state index >= 15 is 0 Å². The molecule has 0 saturated heterocycles. The average Bonchev–Trinajstić information content (AvgIpc) is 3.28. The van der Waals surface area contributed by atoms with Gasteiger partial charge in [-0.3, -0.25) is 0 Å². The van der Waals surface area contributed by atoms with Gasteiger partial charge in [-0.2, -0.15) is 0 Å². The van der Waals surface area contributed by atoms with E-state index in [-0.39, 0.29) is 0 Å². The fourth-order valence-electron chi connectivity index (χ4n) is 3.53. The van der Waals surface area contributed by atoms with Crippen LogP contribution >= 0.6 is 0 Å². The SMILES string of the molecule is CCCCCCCCOc1ccc2c(c1)C(CCn1ccnc1)CN2. The zero-order valence-corrected chi connectivity index (χ0v) is 15.4. The van der Waals surface area contributed by atoms with Crippen LogP contribution in [0.4, 0.5) is 5.69 Å². The van der Waals surface area contributed by atoms with Gasteiger partial charge in [0.25, 0.3) is 0 Å². The molecule has 25 heavy (non-hydrogen) atoms. The maximum Gasteiger partial charge on any atom is 0.119 e. The van der Waals surface area contributed by atoms with Gasteiger partial charge in [0, 0.05) is 37.1 Å². The first-order valence-electron chi connectivity index (χ1n) is 9.83. The van der Waals surface area contributed by atoms with Crippen molar-refractivity contribution in [3.63, 3.8) is 0 Å². The normalized spacial score (nSPS) is 15.8. The van der Waals surface area contributed by atoms with Crippen LogP contribution in [0.3, 0.4) is 0 Å². The summed E-state index contributed by atoms with van der Waals surface area (Å²) in [6, 6.07) is 6.51. The number of imidazole rings is 1. The number of benzene rings is 1. The van der Waals surface area contributed by atoms with E-state index in [1.165, 1.54) is 43.4 Å². The number of fused-ring (bicyclic) bond motifs is 1. The van der Waals surface area contributed by atoms with Crippen LogP contribution in [0.1, 0.15) is 63.4 Å². The number of aromatic nitrogens is 2. The van der Waals surface area contributed by atoms with Crippen LogP contribution in [-0.4, -0.2) is 22.7 Å². The third-order valence-electron chi connectivity index (χ3n) is 5.06. The van der Waals surface area contributed by atoms with Crippen molar-refractivity contribution < 1.29 is 4.74 Å². The molecule has 0 spiro atoms. The Kier molecular flexibility index (Phi) is 6.78. The van der Waals surface area contributed by atoms with E-state index in [0.717, 1.165) is 38.3 Å². The van der Waals surface area contributed by atoms with Gasteiger partial charge in [-0.15, -0.1) is 0 Å². The number of anilines is 1. The summed E-state index contributed by atoms with van der Waals surface area (Å²) in [7, 11) is 0. The molecule has 4 heteroatoms. The minimum atomic E-state index is 0.551. The Morgan fingerprint density at radius 1 is 1.20 bits per heavy atom. The van der Waals surface area contributed by atoms with Gasteiger partial charge >= 0.3 is 0 Å². The molecule has 1 atom stereocenters. The molecule has 0 bridgehead atoms. The number of nitrogens with zero attached hydrogens (tertiary/aromatic N) is 2. The summed E-state index contributed by atoms with van der Waals surface area (Å²) in [5.41, 5.74) is 2.67. The molecule has 136 valence electrons. The first-order valence-corrected chi connectivity index (χ1v) is 9.83. The molecule has 4 nitrogen and oxygen atoms in total. The lowest BCUT2D eigenvalue weighted by Gasteiger charge is -2.12. The Hall–Kier alpha value is -1.97. The Bertz CT molecular complexity index is 624. The lowest BCUT2D eigenvalue weighted by molar-refractivity contribution is 0.304. The van der Waals surface area contributed by atoms with Gasteiger partial charge in [-0.25, -0.2) is 4.98 Å². The van der Waals surface area contributed by atoms with Crippen molar-refractivity contribution in [1.29, 1.82) is 0 Å². The predicted molar refractivity (Wildman–Crippen MR) is 103 cm³/mol.